The Balaban J connectivity index is 1.83. The van der Waals surface area contributed by atoms with Crippen molar-refractivity contribution in [2.24, 2.45) is 5.92 Å². The van der Waals surface area contributed by atoms with Gasteiger partial charge in [-0.25, -0.2) is 0 Å². The molecule has 0 radical (unpaired) electrons. The number of amides is 1. The van der Waals surface area contributed by atoms with Gasteiger partial charge in [0, 0.05) is 17.5 Å². The molecule has 0 unspecified atom stereocenters. The van der Waals surface area contributed by atoms with Gasteiger partial charge in [-0.2, -0.15) is 0 Å². The average Bonchev–Trinajstić information content (AvgIpc) is 3.10. The summed E-state index contributed by atoms with van der Waals surface area (Å²) in [6.07, 6.45) is 0.546. The van der Waals surface area contributed by atoms with Gasteiger partial charge in [-0.05, 0) is 18.6 Å². The van der Waals surface area contributed by atoms with Crippen LogP contribution in [-0.4, -0.2) is 34.3 Å². The minimum atomic E-state index is -0.841. The lowest BCUT2D eigenvalue weighted by atomic mass is 10.2. The van der Waals surface area contributed by atoms with Gasteiger partial charge in [-0.1, -0.05) is 11.6 Å². The monoisotopic (exact) mass is 380 g/mol. The van der Waals surface area contributed by atoms with E-state index in [1.165, 1.54) is 12.1 Å². The average molecular weight is 382 g/mol. The molecule has 1 fully saturated rings. The van der Waals surface area contributed by atoms with E-state index in [0.717, 1.165) is 6.07 Å². The quantitative estimate of drug-likeness (QED) is 0.353. The first-order chi connectivity index (χ1) is 10.7. The smallest absolute Gasteiger partial charge is 0.325 e. The van der Waals surface area contributed by atoms with Crippen LogP contribution in [0.4, 0.5) is 5.69 Å². The number of nitrogens with one attached hydrogen (secondary N) is 1. The van der Waals surface area contributed by atoms with Gasteiger partial charge < -0.3 is 10.1 Å². The number of benzene rings is 1. The molecule has 7 nitrogen and oxygen atoms in total. The molecule has 1 aromatic rings. The zero-order valence-electron chi connectivity index (χ0n) is 11.6. The molecule has 2 rings (SSSR count). The number of hydrogen-bond acceptors (Lipinski definition) is 5. The maximum Gasteiger partial charge on any atom is 0.325 e. The first kappa shape index (κ1) is 17.8. The van der Waals surface area contributed by atoms with Crippen molar-refractivity contribution in [3.8, 4) is 0 Å². The summed E-state index contributed by atoms with van der Waals surface area (Å²) in [6.45, 7) is -0.298. The Labute approximate surface area is 146 Å². The first-order valence-corrected chi connectivity index (χ1v) is 7.59. The number of nitro benzene ring substituents is 1. The molecule has 0 heterocycles. The molecular weight excluding hydrogens is 371 g/mol. The van der Waals surface area contributed by atoms with Crippen molar-refractivity contribution in [2.45, 2.75) is 10.8 Å². The summed E-state index contributed by atoms with van der Waals surface area (Å²) >= 11 is 17.2. The van der Waals surface area contributed by atoms with Gasteiger partial charge in [0.2, 0.25) is 0 Å². The van der Waals surface area contributed by atoms with Crippen LogP contribution in [0, 0.1) is 16.0 Å². The van der Waals surface area contributed by atoms with Crippen molar-refractivity contribution in [3.05, 3.63) is 38.9 Å². The van der Waals surface area contributed by atoms with E-state index in [4.69, 9.17) is 39.5 Å². The van der Waals surface area contributed by atoms with Crippen molar-refractivity contribution in [1.29, 1.82) is 0 Å². The Hall–Kier alpha value is -1.57. The highest BCUT2D eigenvalue weighted by atomic mass is 35.5. The van der Waals surface area contributed by atoms with Crippen LogP contribution < -0.4 is 5.32 Å². The lowest BCUT2D eigenvalue weighted by Crippen LogP contribution is -2.31. The van der Waals surface area contributed by atoms with E-state index >= 15 is 0 Å². The molecule has 1 saturated carbocycles. The molecule has 0 aliphatic heterocycles. The predicted octanol–water partition coefficient (Wildman–Crippen LogP) is 2.72. The number of halogens is 3. The van der Waals surface area contributed by atoms with Crippen molar-refractivity contribution in [2.75, 3.05) is 13.2 Å². The molecule has 0 bridgehead atoms. The SMILES string of the molecule is O=C(CNC(=O)c1ccc(Cl)c([N+](=O)[O-])c1)OC[C@H]1CC1(Cl)Cl. The molecule has 1 atom stereocenters. The number of nitrogens with zero attached hydrogens (tertiary/aromatic N) is 1. The second-order valence-electron chi connectivity index (χ2n) is 4.95. The van der Waals surface area contributed by atoms with Crippen molar-refractivity contribution in [1.82, 2.24) is 5.32 Å². The van der Waals surface area contributed by atoms with Crippen LogP contribution >= 0.6 is 34.8 Å². The molecule has 10 heteroatoms. The summed E-state index contributed by atoms with van der Waals surface area (Å²) in [6, 6.07) is 3.58. The summed E-state index contributed by atoms with van der Waals surface area (Å²) in [5.41, 5.74) is -0.382. The fraction of sp³-hybridized carbons (Fsp3) is 0.385. The van der Waals surface area contributed by atoms with E-state index in [1.807, 2.05) is 0 Å². The zero-order valence-corrected chi connectivity index (χ0v) is 13.8. The molecule has 1 amide bonds. The van der Waals surface area contributed by atoms with Gasteiger partial charge >= 0.3 is 5.97 Å². The van der Waals surface area contributed by atoms with E-state index in [1.54, 1.807) is 0 Å². The minimum Gasteiger partial charge on any atom is -0.464 e. The van der Waals surface area contributed by atoms with E-state index in [9.17, 15) is 19.7 Å². The zero-order chi connectivity index (χ0) is 17.2. The summed E-state index contributed by atoms with van der Waals surface area (Å²) in [4.78, 5) is 33.4. The molecule has 0 spiro atoms. The number of carbonyl (C=O) groups is 2. The van der Waals surface area contributed by atoms with Crippen LogP contribution in [0.5, 0.6) is 0 Å². The number of hydrogen-bond donors (Lipinski definition) is 1. The Kier molecular flexibility index (Phi) is 5.33. The topological polar surface area (TPSA) is 98.5 Å². The Morgan fingerprint density at radius 3 is 2.65 bits per heavy atom. The van der Waals surface area contributed by atoms with E-state index in [0.29, 0.717) is 6.42 Å². The molecule has 124 valence electrons. The molecule has 23 heavy (non-hydrogen) atoms. The molecule has 1 aliphatic rings. The van der Waals surface area contributed by atoms with E-state index in [2.05, 4.69) is 5.32 Å². The van der Waals surface area contributed by atoms with Crippen LogP contribution in [0.1, 0.15) is 16.8 Å². The van der Waals surface area contributed by atoms with Crippen LogP contribution in [0.15, 0.2) is 18.2 Å². The maximum absolute atomic E-state index is 11.9. The lowest BCUT2D eigenvalue weighted by Gasteiger charge is -2.07. The number of carbonyl (C=O) groups excluding carboxylic acids is 2. The van der Waals surface area contributed by atoms with Gasteiger partial charge in [0.25, 0.3) is 11.6 Å². The van der Waals surface area contributed by atoms with Crippen LogP contribution in [0.3, 0.4) is 0 Å². The van der Waals surface area contributed by atoms with Gasteiger partial charge in [-0.15, -0.1) is 23.2 Å². The number of rotatable bonds is 6. The first-order valence-electron chi connectivity index (χ1n) is 6.46. The van der Waals surface area contributed by atoms with E-state index < -0.39 is 26.8 Å². The fourth-order valence-electron chi connectivity index (χ4n) is 1.74. The van der Waals surface area contributed by atoms with Gasteiger partial charge in [-0.3, -0.25) is 19.7 Å². The minimum absolute atomic E-state index is 0.0108. The normalized spacial score (nSPS) is 18.1. The summed E-state index contributed by atoms with van der Waals surface area (Å²) < 4.78 is 4.08. The largest absolute Gasteiger partial charge is 0.464 e. The van der Waals surface area contributed by atoms with Gasteiger partial charge in [0.1, 0.15) is 15.9 Å². The molecule has 0 aromatic heterocycles. The van der Waals surface area contributed by atoms with Gasteiger partial charge in [0.15, 0.2) is 0 Å². The maximum atomic E-state index is 11.9. The standard InChI is InChI=1S/C13H11Cl3N2O5/c14-9-2-1-7(3-10(9)18(21)22)12(20)17-5-11(19)23-6-8-4-13(8,15)16/h1-3,8H,4-6H2,(H,17,20)/t8-/m1/s1. The number of ether oxygens (including phenoxy) is 1. The second kappa shape index (κ2) is 6.90. The Morgan fingerprint density at radius 2 is 2.09 bits per heavy atom. The van der Waals surface area contributed by atoms with Crippen LogP contribution in [0.25, 0.3) is 0 Å². The summed E-state index contributed by atoms with van der Waals surface area (Å²) in [5.74, 6) is -1.42. The van der Waals surface area contributed by atoms with Crippen molar-refractivity contribution >= 4 is 52.4 Å². The molecule has 0 saturated heterocycles. The van der Waals surface area contributed by atoms with E-state index in [-0.39, 0.29) is 29.7 Å². The van der Waals surface area contributed by atoms with Crippen LogP contribution in [0.2, 0.25) is 5.02 Å². The number of nitro groups is 1. The predicted molar refractivity (Wildman–Crippen MR) is 83.9 cm³/mol. The fourth-order valence-corrected chi connectivity index (χ4v) is 2.43. The van der Waals surface area contributed by atoms with Crippen LogP contribution in [-0.2, 0) is 9.53 Å². The Bertz CT molecular complexity index is 665. The van der Waals surface area contributed by atoms with Crippen molar-refractivity contribution in [3.63, 3.8) is 0 Å². The molecular formula is C13H11Cl3N2O5. The highest BCUT2D eigenvalue weighted by Crippen LogP contribution is 2.53. The number of esters is 1. The molecule has 1 aliphatic carbocycles. The highest BCUT2D eigenvalue weighted by Gasteiger charge is 2.52. The molecule has 1 aromatic carbocycles. The third kappa shape index (κ3) is 4.70. The third-order valence-electron chi connectivity index (χ3n) is 3.20. The summed E-state index contributed by atoms with van der Waals surface area (Å²) in [5, 5.41) is 13.0. The highest BCUT2D eigenvalue weighted by molar-refractivity contribution is 6.50. The third-order valence-corrected chi connectivity index (χ3v) is 4.44. The number of alkyl halides is 2. The lowest BCUT2D eigenvalue weighted by molar-refractivity contribution is -0.384. The molecule has 1 N–H and O–H groups in total. The Morgan fingerprint density at radius 1 is 1.43 bits per heavy atom. The second-order valence-corrected chi connectivity index (χ2v) is 6.90. The van der Waals surface area contributed by atoms with Crippen molar-refractivity contribution < 1.29 is 19.2 Å². The van der Waals surface area contributed by atoms with Gasteiger partial charge in [0.05, 0.1) is 11.5 Å². The summed E-state index contributed by atoms with van der Waals surface area (Å²) in [7, 11) is 0.